The monoisotopic (exact) mass is 679 g/mol. The highest BCUT2D eigenvalue weighted by Gasteiger charge is 2.35. The Hall–Kier alpha value is -1.99. The molecule has 2 N–H and O–H groups in total. The number of Topliss-reactive ketones (excluding diaryl/α,β-unsaturated/α-hetero) is 1. The van der Waals surface area contributed by atoms with E-state index in [0.717, 1.165) is 31.2 Å². The van der Waals surface area contributed by atoms with Gasteiger partial charge in [0, 0.05) is 42.5 Å². The predicted molar refractivity (Wildman–Crippen MR) is 189 cm³/mol. The number of nitrogens with zero attached hydrogens (tertiary/aromatic N) is 1. The summed E-state index contributed by atoms with van der Waals surface area (Å²) in [6.45, 7) is 14.4. The minimum atomic E-state index is -1.28. The Bertz CT molecular complexity index is 1230. The van der Waals surface area contributed by atoms with Crippen molar-refractivity contribution in [1.82, 2.24) is 4.90 Å². The maximum atomic E-state index is 16.0. The van der Waals surface area contributed by atoms with E-state index in [1.54, 1.807) is 19.1 Å². The van der Waals surface area contributed by atoms with Gasteiger partial charge in [-0.05, 0) is 58.9 Å². The van der Waals surface area contributed by atoms with Gasteiger partial charge in [0.05, 0.1) is 0 Å². The van der Waals surface area contributed by atoms with Gasteiger partial charge < -0.3 is 10.2 Å². The highest BCUT2D eigenvalue weighted by molar-refractivity contribution is 6.18. The van der Waals surface area contributed by atoms with Gasteiger partial charge in [-0.3, -0.25) is 14.5 Å². The molecule has 2 aromatic carbocycles. The quantitative estimate of drug-likeness (QED) is 0.0561. The van der Waals surface area contributed by atoms with Crippen LogP contribution in [0.1, 0.15) is 131 Å². The van der Waals surface area contributed by atoms with Crippen molar-refractivity contribution in [3.05, 3.63) is 70.0 Å². The summed E-state index contributed by atoms with van der Waals surface area (Å²) in [6.07, 6.45) is 5.53. The third-order valence-electron chi connectivity index (χ3n) is 9.56. The van der Waals surface area contributed by atoms with Gasteiger partial charge in [0.2, 0.25) is 0 Å². The first-order valence-corrected chi connectivity index (χ1v) is 18.2. The van der Waals surface area contributed by atoms with Crippen LogP contribution >= 0.6 is 23.2 Å². The number of carbonyl (C=O) groups is 2. The smallest absolute Gasteiger partial charge is 0.314 e. The van der Waals surface area contributed by atoms with E-state index in [2.05, 4.69) is 39.5 Å². The number of aliphatic hydroxyl groups excluding tert-OH is 1. The second kappa shape index (κ2) is 20.4. The molecule has 0 fully saturated rings. The normalized spacial score (nSPS) is 15.1. The van der Waals surface area contributed by atoms with Crippen molar-refractivity contribution in [2.24, 2.45) is 23.7 Å². The summed E-state index contributed by atoms with van der Waals surface area (Å²) in [4.78, 5) is 27.9. The molecule has 0 radical (unpaired) electrons. The molecule has 46 heavy (non-hydrogen) atoms. The van der Waals surface area contributed by atoms with E-state index in [1.807, 2.05) is 18.2 Å². The summed E-state index contributed by atoms with van der Waals surface area (Å²) >= 11 is 12.0. The fraction of sp³-hybridized carbons (Fsp3) is 0.632. The van der Waals surface area contributed by atoms with Crippen LogP contribution in [0, 0.1) is 29.5 Å². The summed E-state index contributed by atoms with van der Waals surface area (Å²) in [7, 11) is 0. The van der Waals surface area contributed by atoms with Crippen LogP contribution in [0.15, 0.2) is 36.4 Å². The Balaban J connectivity index is 2.65. The minimum Gasteiger partial charge on any atom is -0.481 e. The number of aliphatic carboxylic acids is 1. The lowest BCUT2D eigenvalue weighted by atomic mass is 9.68. The van der Waals surface area contributed by atoms with Crippen molar-refractivity contribution >= 4 is 35.0 Å². The average molecular weight is 681 g/mol. The Morgan fingerprint density at radius 3 is 2.13 bits per heavy atom. The van der Waals surface area contributed by atoms with Crippen molar-refractivity contribution in [3.8, 4) is 0 Å². The fourth-order valence-electron chi connectivity index (χ4n) is 7.11. The first-order chi connectivity index (χ1) is 21.9. The number of halogens is 3. The zero-order valence-electron chi connectivity index (χ0n) is 28.7. The lowest BCUT2D eigenvalue weighted by Gasteiger charge is -2.36. The number of ketones is 1. The number of rotatable bonds is 22. The largest absolute Gasteiger partial charge is 0.481 e. The van der Waals surface area contributed by atoms with Gasteiger partial charge in [-0.25, -0.2) is 4.39 Å². The van der Waals surface area contributed by atoms with Crippen LogP contribution in [-0.2, 0) is 11.3 Å². The van der Waals surface area contributed by atoms with Crippen LogP contribution < -0.4 is 0 Å². The molecule has 0 bridgehead atoms. The van der Waals surface area contributed by atoms with E-state index in [0.29, 0.717) is 48.4 Å². The molecular weight excluding hydrogens is 624 g/mol. The number of carbonyl (C=O) groups excluding carboxylic acids is 1. The third kappa shape index (κ3) is 11.0. The van der Waals surface area contributed by atoms with Crippen molar-refractivity contribution in [2.75, 3.05) is 24.8 Å². The zero-order chi connectivity index (χ0) is 34.4. The first-order valence-electron chi connectivity index (χ1n) is 17.2. The lowest BCUT2D eigenvalue weighted by molar-refractivity contribution is -0.140. The number of carboxylic acids is 1. The van der Waals surface area contributed by atoms with Gasteiger partial charge in [-0.1, -0.05) is 104 Å². The number of carboxylic acid groups (broad SMARTS) is 1. The molecule has 0 aliphatic carbocycles. The molecule has 0 spiro atoms. The van der Waals surface area contributed by atoms with Gasteiger partial charge >= 0.3 is 5.97 Å². The number of alkyl halides is 2. The molecule has 0 amide bonds. The molecule has 0 aliphatic heterocycles. The molecule has 0 saturated carbocycles. The van der Waals surface area contributed by atoms with Gasteiger partial charge in [0.15, 0.2) is 5.78 Å². The predicted octanol–water partition coefficient (Wildman–Crippen LogP) is 9.85. The summed E-state index contributed by atoms with van der Waals surface area (Å²) < 4.78 is 16.0. The zero-order valence-corrected chi connectivity index (χ0v) is 30.2. The standard InChI is InChI=1S/C38H56Cl2FNO4/c1-7-10-11-12-15-28(8-2)35(25(4)5)26(6)31-22-33(34(41)23-32(31)37(44)30(9-3)38(45)46)36(43)29-16-13-14-27(21-29)24-42(19-17-39)20-18-40/h13-14,16,21-23,25-26,28,30,35-36,43H,7-12,15,17-20,24H2,1-6H3,(H,45,46). The Kier molecular flexibility index (Phi) is 17.8. The molecule has 2 aromatic rings. The molecule has 0 saturated heterocycles. The highest BCUT2D eigenvalue weighted by Crippen LogP contribution is 2.42. The summed E-state index contributed by atoms with van der Waals surface area (Å²) in [5.74, 6) is -2.20. The summed E-state index contributed by atoms with van der Waals surface area (Å²) in [5.41, 5.74) is 2.26. The van der Waals surface area contributed by atoms with E-state index in [9.17, 15) is 19.8 Å². The molecule has 8 heteroatoms. The number of unbranched alkanes of at least 4 members (excludes halogenated alkanes) is 3. The van der Waals surface area contributed by atoms with E-state index < -0.39 is 29.6 Å². The van der Waals surface area contributed by atoms with Crippen molar-refractivity contribution in [1.29, 1.82) is 0 Å². The van der Waals surface area contributed by atoms with Crippen LogP contribution in [-0.4, -0.2) is 51.7 Å². The van der Waals surface area contributed by atoms with Crippen LogP contribution in [0.2, 0.25) is 0 Å². The average Bonchev–Trinajstić information content (AvgIpc) is 3.02. The molecule has 5 unspecified atom stereocenters. The fourth-order valence-corrected chi connectivity index (χ4v) is 7.59. The lowest BCUT2D eigenvalue weighted by Crippen LogP contribution is -2.29. The third-order valence-corrected chi connectivity index (χ3v) is 9.90. The van der Waals surface area contributed by atoms with E-state index >= 15 is 4.39 Å². The number of hydrogen-bond acceptors (Lipinski definition) is 4. The second-order valence-electron chi connectivity index (χ2n) is 13.1. The molecule has 5 atom stereocenters. The molecule has 5 nitrogen and oxygen atoms in total. The second-order valence-corrected chi connectivity index (χ2v) is 13.8. The molecular formula is C38H56Cl2FNO4. The molecule has 0 heterocycles. The summed E-state index contributed by atoms with van der Waals surface area (Å²) in [6, 6.07) is 10.2. The van der Waals surface area contributed by atoms with Crippen LogP contribution in [0.5, 0.6) is 0 Å². The van der Waals surface area contributed by atoms with Crippen molar-refractivity contribution in [2.45, 2.75) is 105 Å². The molecule has 258 valence electrons. The van der Waals surface area contributed by atoms with Gasteiger partial charge in [0.25, 0.3) is 0 Å². The Labute approximate surface area is 286 Å². The van der Waals surface area contributed by atoms with Gasteiger partial charge in [0.1, 0.15) is 17.8 Å². The van der Waals surface area contributed by atoms with E-state index in [4.69, 9.17) is 23.2 Å². The first kappa shape index (κ1) is 40.2. The van der Waals surface area contributed by atoms with Gasteiger partial charge in [-0.2, -0.15) is 0 Å². The van der Waals surface area contributed by atoms with Crippen molar-refractivity contribution in [3.63, 3.8) is 0 Å². The number of hydrogen-bond donors (Lipinski definition) is 2. The molecule has 0 aromatic heterocycles. The highest BCUT2D eigenvalue weighted by atomic mass is 35.5. The Morgan fingerprint density at radius 2 is 1.59 bits per heavy atom. The van der Waals surface area contributed by atoms with Gasteiger partial charge in [-0.15, -0.1) is 23.2 Å². The van der Waals surface area contributed by atoms with Crippen LogP contribution in [0.4, 0.5) is 4.39 Å². The maximum absolute atomic E-state index is 16.0. The van der Waals surface area contributed by atoms with E-state index in [1.165, 1.54) is 18.9 Å². The topological polar surface area (TPSA) is 77.8 Å². The Morgan fingerprint density at radius 1 is 0.913 bits per heavy atom. The molecule has 2 rings (SSSR count). The maximum Gasteiger partial charge on any atom is 0.314 e. The van der Waals surface area contributed by atoms with Crippen LogP contribution in [0.3, 0.4) is 0 Å². The number of benzene rings is 2. The SMILES string of the molecule is CCCCCCC(CC)C(C(C)C)C(C)c1cc(C(O)c2cccc(CN(CCCl)CCCl)c2)c(F)cc1C(=O)C(CC)C(=O)O. The van der Waals surface area contributed by atoms with Crippen molar-refractivity contribution < 1.29 is 24.2 Å². The van der Waals surface area contributed by atoms with Crippen LogP contribution in [0.25, 0.3) is 0 Å². The molecule has 0 aliphatic rings. The summed E-state index contributed by atoms with van der Waals surface area (Å²) in [5, 5.41) is 21.5. The number of aliphatic hydroxyl groups is 1. The minimum absolute atomic E-state index is 0.0794. The van der Waals surface area contributed by atoms with E-state index in [-0.39, 0.29) is 35.3 Å².